The Morgan fingerprint density at radius 2 is 2.00 bits per heavy atom. The third-order valence-corrected chi connectivity index (χ3v) is 2.85. The molecule has 0 bridgehead atoms. The zero-order valence-corrected chi connectivity index (χ0v) is 11.1. The second-order valence-electron chi connectivity index (χ2n) is 4.98. The molecule has 0 aromatic heterocycles. The van der Waals surface area contributed by atoms with Gasteiger partial charge in [-0.1, -0.05) is 25.5 Å². The van der Waals surface area contributed by atoms with Gasteiger partial charge in [0.15, 0.2) is 0 Å². The summed E-state index contributed by atoms with van der Waals surface area (Å²) in [5, 5.41) is 10.3. The van der Waals surface area contributed by atoms with Crippen molar-refractivity contribution >= 4 is 0 Å². The first-order chi connectivity index (χ1) is 7.95. The molecule has 0 aliphatic heterocycles. The fourth-order valence-corrected chi connectivity index (χ4v) is 1.99. The summed E-state index contributed by atoms with van der Waals surface area (Å²) in [4.78, 5) is 0. The van der Waals surface area contributed by atoms with Crippen LogP contribution in [0.25, 0.3) is 0 Å². The molecule has 96 valence electrons. The number of rotatable bonds is 5. The van der Waals surface area contributed by atoms with Crippen LogP contribution < -0.4 is 10.5 Å². The Morgan fingerprint density at radius 1 is 1.35 bits per heavy atom. The molecule has 0 fully saturated rings. The van der Waals surface area contributed by atoms with Gasteiger partial charge in [-0.2, -0.15) is 0 Å². The highest BCUT2D eigenvalue weighted by atomic mass is 16.5. The average molecular weight is 237 g/mol. The monoisotopic (exact) mass is 237 g/mol. The van der Waals surface area contributed by atoms with Gasteiger partial charge in [0.25, 0.3) is 0 Å². The van der Waals surface area contributed by atoms with Gasteiger partial charge in [0.2, 0.25) is 0 Å². The molecule has 2 unspecified atom stereocenters. The number of hydrogen-bond acceptors (Lipinski definition) is 3. The van der Waals surface area contributed by atoms with Crippen LogP contribution in [0.15, 0.2) is 18.2 Å². The molecule has 3 N–H and O–H groups in total. The van der Waals surface area contributed by atoms with Gasteiger partial charge in [0.1, 0.15) is 5.75 Å². The average Bonchev–Trinajstić information content (AvgIpc) is 2.27. The van der Waals surface area contributed by atoms with E-state index in [-0.39, 0.29) is 6.04 Å². The standard InChI is InChI=1S/C14H23NO2/c1-9(2)7-12(15)14(16)11-8-10(3)5-6-13(11)17-4/h5-6,8-9,12,14,16H,7,15H2,1-4H3. The summed E-state index contributed by atoms with van der Waals surface area (Å²) in [6.45, 7) is 6.18. The first-order valence-electron chi connectivity index (χ1n) is 6.04. The minimum Gasteiger partial charge on any atom is -0.496 e. The predicted molar refractivity (Wildman–Crippen MR) is 70.1 cm³/mol. The maximum atomic E-state index is 10.3. The molecule has 0 saturated carbocycles. The van der Waals surface area contributed by atoms with Crippen LogP contribution in [0.1, 0.15) is 37.5 Å². The minimum absolute atomic E-state index is 0.259. The molecule has 0 radical (unpaired) electrons. The molecule has 0 heterocycles. The number of methoxy groups -OCH3 is 1. The molecule has 0 saturated heterocycles. The zero-order chi connectivity index (χ0) is 13.0. The lowest BCUT2D eigenvalue weighted by Crippen LogP contribution is -2.30. The Labute approximate surface area is 104 Å². The fraction of sp³-hybridized carbons (Fsp3) is 0.571. The number of benzene rings is 1. The smallest absolute Gasteiger partial charge is 0.124 e. The van der Waals surface area contributed by atoms with E-state index in [9.17, 15) is 5.11 Å². The lowest BCUT2D eigenvalue weighted by Gasteiger charge is -2.22. The quantitative estimate of drug-likeness (QED) is 0.827. The third-order valence-electron chi connectivity index (χ3n) is 2.85. The van der Waals surface area contributed by atoms with Crippen molar-refractivity contribution in [1.82, 2.24) is 0 Å². The molecule has 3 nitrogen and oxygen atoms in total. The van der Waals surface area contributed by atoms with E-state index >= 15 is 0 Å². The summed E-state index contributed by atoms with van der Waals surface area (Å²) in [6, 6.07) is 5.51. The summed E-state index contributed by atoms with van der Waals surface area (Å²) in [5.74, 6) is 1.16. The molecule has 1 rings (SSSR count). The second kappa shape index (κ2) is 6.03. The van der Waals surface area contributed by atoms with E-state index in [2.05, 4.69) is 13.8 Å². The van der Waals surface area contributed by atoms with Crippen LogP contribution in [0.4, 0.5) is 0 Å². The van der Waals surface area contributed by atoms with Crippen LogP contribution in [0.5, 0.6) is 5.75 Å². The van der Waals surface area contributed by atoms with Crippen molar-refractivity contribution in [3.8, 4) is 5.75 Å². The van der Waals surface area contributed by atoms with Crippen molar-refractivity contribution in [2.45, 2.75) is 39.3 Å². The number of aliphatic hydroxyl groups excluding tert-OH is 1. The number of nitrogens with two attached hydrogens (primary N) is 1. The summed E-state index contributed by atoms with van der Waals surface area (Å²) >= 11 is 0. The van der Waals surface area contributed by atoms with Crippen molar-refractivity contribution in [3.05, 3.63) is 29.3 Å². The molecule has 0 amide bonds. The van der Waals surface area contributed by atoms with Gasteiger partial charge in [0.05, 0.1) is 13.2 Å². The molecule has 1 aromatic carbocycles. The highest BCUT2D eigenvalue weighted by Gasteiger charge is 2.21. The van der Waals surface area contributed by atoms with Crippen LogP contribution >= 0.6 is 0 Å². The van der Waals surface area contributed by atoms with Gasteiger partial charge in [-0.15, -0.1) is 0 Å². The second-order valence-corrected chi connectivity index (χ2v) is 4.98. The molecular formula is C14H23NO2. The van der Waals surface area contributed by atoms with Gasteiger partial charge in [-0.05, 0) is 31.4 Å². The highest BCUT2D eigenvalue weighted by molar-refractivity contribution is 5.39. The summed E-state index contributed by atoms with van der Waals surface area (Å²) < 4.78 is 5.26. The summed E-state index contributed by atoms with van der Waals surface area (Å²) in [7, 11) is 1.61. The van der Waals surface area contributed by atoms with Crippen LogP contribution in [0, 0.1) is 12.8 Å². The van der Waals surface area contributed by atoms with Crippen LogP contribution in [0.3, 0.4) is 0 Å². The topological polar surface area (TPSA) is 55.5 Å². The van der Waals surface area contributed by atoms with Crippen molar-refractivity contribution in [2.24, 2.45) is 11.7 Å². The molecule has 3 heteroatoms. The van der Waals surface area contributed by atoms with Crippen molar-refractivity contribution in [3.63, 3.8) is 0 Å². The Balaban J connectivity index is 2.93. The van der Waals surface area contributed by atoms with E-state index < -0.39 is 6.10 Å². The minimum atomic E-state index is -0.674. The van der Waals surface area contributed by atoms with E-state index in [0.29, 0.717) is 11.7 Å². The fourth-order valence-electron chi connectivity index (χ4n) is 1.99. The molecule has 0 spiro atoms. The Hall–Kier alpha value is -1.06. The maximum absolute atomic E-state index is 10.3. The molecule has 2 atom stereocenters. The largest absolute Gasteiger partial charge is 0.496 e. The van der Waals surface area contributed by atoms with Gasteiger partial charge in [-0.3, -0.25) is 0 Å². The molecule has 0 aliphatic carbocycles. The number of hydrogen-bond donors (Lipinski definition) is 2. The van der Waals surface area contributed by atoms with Crippen molar-refractivity contribution < 1.29 is 9.84 Å². The van der Waals surface area contributed by atoms with Gasteiger partial charge >= 0.3 is 0 Å². The maximum Gasteiger partial charge on any atom is 0.124 e. The van der Waals surface area contributed by atoms with Gasteiger partial charge < -0.3 is 15.6 Å². The third kappa shape index (κ3) is 3.72. The first-order valence-corrected chi connectivity index (χ1v) is 6.04. The Bertz CT molecular complexity index is 363. The van der Waals surface area contributed by atoms with Crippen molar-refractivity contribution in [2.75, 3.05) is 7.11 Å². The van der Waals surface area contributed by atoms with E-state index in [0.717, 1.165) is 17.5 Å². The normalized spacial score (nSPS) is 14.8. The molecule has 0 aliphatic rings. The Morgan fingerprint density at radius 3 is 2.53 bits per heavy atom. The molecular weight excluding hydrogens is 214 g/mol. The Kier molecular flexibility index (Phi) is 4.97. The van der Waals surface area contributed by atoms with Crippen LogP contribution in [0.2, 0.25) is 0 Å². The lowest BCUT2D eigenvalue weighted by molar-refractivity contribution is 0.132. The highest BCUT2D eigenvalue weighted by Crippen LogP contribution is 2.29. The van der Waals surface area contributed by atoms with Crippen LogP contribution in [-0.4, -0.2) is 18.3 Å². The number of aryl methyl sites for hydroxylation is 1. The van der Waals surface area contributed by atoms with E-state index in [4.69, 9.17) is 10.5 Å². The van der Waals surface area contributed by atoms with Gasteiger partial charge in [-0.25, -0.2) is 0 Å². The van der Waals surface area contributed by atoms with Gasteiger partial charge in [0, 0.05) is 11.6 Å². The predicted octanol–water partition coefficient (Wildman–Crippen LogP) is 2.41. The summed E-state index contributed by atoms with van der Waals surface area (Å²) in [5.41, 5.74) is 7.89. The molecule has 1 aromatic rings. The number of ether oxygens (including phenoxy) is 1. The SMILES string of the molecule is COc1ccc(C)cc1C(O)C(N)CC(C)C. The summed E-state index contributed by atoms with van der Waals surface area (Å²) in [6.07, 6.45) is 0.116. The van der Waals surface area contributed by atoms with E-state index in [1.54, 1.807) is 7.11 Å². The lowest BCUT2D eigenvalue weighted by atomic mass is 9.94. The van der Waals surface area contributed by atoms with Crippen molar-refractivity contribution in [1.29, 1.82) is 0 Å². The molecule has 17 heavy (non-hydrogen) atoms. The van der Waals surface area contributed by atoms with Crippen LogP contribution in [-0.2, 0) is 0 Å². The first kappa shape index (κ1) is 14.0. The van der Waals surface area contributed by atoms with E-state index in [1.165, 1.54) is 0 Å². The van der Waals surface area contributed by atoms with E-state index in [1.807, 2.05) is 25.1 Å². The zero-order valence-electron chi connectivity index (χ0n) is 11.1. The number of aliphatic hydroxyl groups is 1.